The Hall–Kier alpha value is -2.86. The number of benzene rings is 2. The molecule has 0 radical (unpaired) electrons. The Kier molecular flexibility index (Phi) is 5.28. The summed E-state index contributed by atoms with van der Waals surface area (Å²) in [7, 11) is 0. The van der Waals surface area contributed by atoms with Crippen LogP contribution in [-0.2, 0) is 23.2 Å². The van der Waals surface area contributed by atoms with E-state index in [9.17, 15) is 14.7 Å². The molecule has 2 aromatic carbocycles. The van der Waals surface area contributed by atoms with E-state index in [2.05, 4.69) is 11.4 Å². The summed E-state index contributed by atoms with van der Waals surface area (Å²) in [6.07, 6.45) is 2.20. The van der Waals surface area contributed by atoms with Crippen molar-refractivity contribution in [2.24, 2.45) is 0 Å². The third-order valence-electron chi connectivity index (χ3n) is 6.11. The van der Waals surface area contributed by atoms with E-state index in [1.54, 1.807) is 6.92 Å². The second-order valence-electron chi connectivity index (χ2n) is 8.54. The van der Waals surface area contributed by atoms with Gasteiger partial charge in [-0.2, -0.15) is 0 Å². The summed E-state index contributed by atoms with van der Waals surface area (Å²) in [4.78, 5) is 26.8. The molecule has 0 spiro atoms. The van der Waals surface area contributed by atoms with Gasteiger partial charge < -0.3 is 15.2 Å². The molecule has 6 heteroatoms. The zero-order valence-electron chi connectivity index (χ0n) is 17.7. The third-order valence-corrected chi connectivity index (χ3v) is 6.11. The SMILES string of the molecule is Cc1ccc(OC[C@H](O)CN2C(=O)N[C@](C)(c3ccc4c(c3)CCC4)C2=O)c(C)c1. The first kappa shape index (κ1) is 20.4. The molecule has 30 heavy (non-hydrogen) atoms. The second kappa shape index (κ2) is 7.76. The summed E-state index contributed by atoms with van der Waals surface area (Å²) in [5, 5.41) is 13.2. The van der Waals surface area contributed by atoms with Crippen molar-refractivity contribution in [3.63, 3.8) is 0 Å². The molecule has 0 bridgehead atoms. The van der Waals surface area contributed by atoms with Gasteiger partial charge in [0.05, 0.1) is 6.54 Å². The minimum atomic E-state index is -1.12. The molecule has 4 rings (SSSR count). The van der Waals surface area contributed by atoms with E-state index >= 15 is 0 Å². The lowest BCUT2D eigenvalue weighted by atomic mass is 9.89. The molecule has 2 N–H and O–H groups in total. The first-order valence-corrected chi connectivity index (χ1v) is 10.4. The zero-order chi connectivity index (χ0) is 21.5. The van der Waals surface area contributed by atoms with Gasteiger partial charge in [0, 0.05) is 0 Å². The van der Waals surface area contributed by atoms with Crippen molar-refractivity contribution in [3.05, 3.63) is 64.2 Å². The maximum Gasteiger partial charge on any atom is 0.325 e. The van der Waals surface area contributed by atoms with Crippen molar-refractivity contribution in [1.29, 1.82) is 0 Å². The number of urea groups is 1. The minimum Gasteiger partial charge on any atom is -0.491 e. The smallest absolute Gasteiger partial charge is 0.325 e. The lowest BCUT2D eigenvalue weighted by molar-refractivity contribution is -0.132. The van der Waals surface area contributed by atoms with Crippen molar-refractivity contribution in [1.82, 2.24) is 10.2 Å². The van der Waals surface area contributed by atoms with Gasteiger partial charge in [-0.1, -0.05) is 35.9 Å². The number of amides is 3. The second-order valence-corrected chi connectivity index (χ2v) is 8.54. The van der Waals surface area contributed by atoms with Crippen LogP contribution in [0.2, 0.25) is 0 Å². The Morgan fingerprint density at radius 3 is 2.67 bits per heavy atom. The molecule has 2 atom stereocenters. The number of rotatable bonds is 6. The van der Waals surface area contributed by atoms with Crippen molar-refractivity contribution >= 4 is 11.9 Å². The fraction of sp³-hybridized carbons (Fsp3) is 0.417. The van der Waals surface area contributed by atoms with Crippen LogP contribution >= 0.6 is 0 Å². The minimum absolute atomic E-state index is 0.00345. The number of β-amino-alcohol motifs (C(OH)–C–C–N with tert-alkyl or cyclic N) is 1. The molecule has 0 unspecified atom stereocenters. The molecule has 2 aliphatic rings. The van der Waals surface area contributed by atoms with Gasteiger partial charge in [0.1, 0.15) is 24.0 Å². The van der Waals surface area contributed by atoms with Gasteiger partial charge in [0.25, 0.3) is 5.91 Å². The highest BCUT2D eigenvalue weighted by molar-refractivity contribution is 6.07. The van der Waals surface area contributed by atoms with Gasteiger partial charge in [-0.25, -0.2) is 4.79 Å². The predicted molar refractivity (Wildman–Crippen MR) is 113 cm³/mol. The van der Waals surface area contributed by atoms with Crippen LogP contribution in [0.1, 0.15) is 41.2 Å². The largest absolute Gasteiger partial charge is 0.491 e. The molecule has 158 valence electrons. The molecule has 0 aromatic heterocycles. The fourth-order valence-corrected chi connectivity index (χ4v) is 4.35. The summed E-state index contributed by atoms with van der Waals surface area (Å²) >= 11 is 0. The van der Waals surface area contributed by atoms with Gasteiger partial charge in [0.15, 0.2) is 0 Å². The van der Waals surface area contributed by atoms with Crippen molar-refractivity contribution in [2.45, 2.75) is 51.7 Å². The fourth-order valence-electron chi connectivity index (χ4n) is 4.35. The van der Waals surface area contributed by atoms with Gasteiger partial charge in [-0.15, -0.1) is 0 Å². The topological polar surface area (TPSA) is 78.9 Å². The van der Waals surface area contributed by atoms with Crippen LogP contribution in [0.4, 0.5) is 4.79 Å². The summed E-state index contributed by atoms with van der Waals surface area (Å²) < 4.78 is 5.70. The normalized spacial score (nSPS) is 21.5. The molecule has 1 aliphatic carbocycles. The van der Waals surface area contributed by atoms with Crippen LogP contribution in [-0.4, -0.2) is 41.2 Å². The number of imide groups is 1. The van der Waals surface area contributed by atoms with Gasteiger partial charge in [-0.3, -0.25) is 9.69 Å². The van der Waals surface area contributed by atoms with Gasteiger partial charge in [-0.05, 0) is 68.4 Å². The Balaban J connectivity index is 1.43. The molecule has 6 nitrogen and oxygen atoms in total. The highest BCUT2D eigenvalue weighted by Gasteiger charge is 2.49. The Bertz CT molecular complexity index is 1000. The lowest BCUT2D eigenvalue weighted by Crippen LogP contribution is -2.42. The summed E-state index contributed by atoms with van der Waals surface area (Å²) in [5.41, 5.74) is 4.33. The van der Waals surface area contributed by atoms with E-state index in [4.69, 9.17) is 4.74 Å². The Morgan fingerprint density at radius 1 is 1.13 bits per heavy atom. The lowest BCUT2D eigenvalue weighted by Gasteiger charge is -2.24. The number of aliphatic hydroxyl groups excluding tert-OH is 1. The standard InChI is InChI=1S/C24H28N2O4/c1-15-7-10-21(16(2)11-15)30-14-20(27)13-26-22(28)24(3,25-23(26)29)19-9-8-17-5-4-6-18(17)12-19/h7-12,20,27H,4-6,13-14H2,1-3H3,(H,25,29)/t20-,24-/m1/s1. The highest BCUT2D eigenvalue weighted by atomic mass is 16.5. The molecule has 3 amide bonds. The number of hydrogen-bond acceptors (Lipinski definition) is 4. The molecular formula is C24H28N2O4. The molecule has 1 fully saturated rings. The number of carbonyl (C=O) groups excluding carboxylic acids is 2. The van der Waals surface area contributed by atoms with Crippen LogP contribution in [0.5, 0.6) is 5.75 Å². The van der Waals surface area contributed by atoms with E-state index in [0.717, 1.165) is 40.9 Å². The van der Waals surface area contributed by atoms with Crippen LogP contribution in [0.25, 0.3) is 0 Å². The van der Waals surface area contributed by atoms with Crippen LogP contribution < -0.4 is 10.1 Å². The van der Waals surface area contributed by atoms with Crippen molar-refractivity contribution < 1.29 is 19.4 Å². The quantitative estimate of drug-likeness (QED) is 0.721. The Labute approximate surface area is 176 Å². The van der Waals surface area contributed by atoms with Crippen LogP contribution in [0.15, 0.2) is 36.4 Å². The van der Waals surface area contributed by atoms with Crippen LogP contribution in [0, 0.1) is 13.8 Å². The zero-order valence-corrected chi connectivity index (χ0v) is 17.7. The number of aryl methyl sites for hydroxylation is 4. The maximum atomic E-state index is 13.1. The van der Waals surface area contributed by atoms with E-state index < -0.39 is 17.7 Å². The van der Waals surface area contributed by atoms with Crippen LogP contribution in [0.3, 0.4) is 0 Å². The monoisotopic (exact) mass is 408 g/mol. The molecular weight excluding hydrogens is 380 g/mol. The van der Waals surface area contributed by atoms with E-state index in [-0.39, 0.29) is 19.1 Å². The van der Waals surface area contributed by atoms with Gasteiger partial charge in [0.2, 0.25) is 0 Å². The van der Waals surface area contributed by atoms with Crippen molar-refractivity contribution in [3.8, 4) is 5.75 Å². The van der Waals surface area contributed by atoms with Crippen molar-refractivity contribution in [2.75, 3.05) is 13.2 Å². The van der Waals surface area contributed by atoms with E-state index in [1.807, 2.05) is 44.2 Å². The van der Waals surface area contributed by atoms with E-state index in [0.29, 0.717) is 5.75 Å². The molecule has 1 heterocycles. The first-order chi connectivity index (χ1) is 14.3. The predicted octanol–water partition coefficient (Wildman–Crippen LogP) is 3.00. The number of nitrogens with zero attached hydrogens (tertiary/aromatic N) is 1. The van der Waals surface area contributed by atoms with E-state index in [1.165, 1.54) is 11.1 Å². The number of aliphatic hydroxyl groups is 1. The molecule has 1 saturated heterocycles. The molecule has 1 aliphatic heterocycles. The Morgan fingerprint density at radius 2 is 1.90 bits per heavy atom. The first-order valence-electron chi connectivity index (χ1n) is 10.4. The maximum absolute atomic E-state index is 13.1. The summed E-state index contributed by atoms with van der Waals surface area (Å²) in [5.74, 6) is 0.329. The summed E-state index contributed by atoms with van der Waals surface area (Å²) in [6, 6.07) is 11.3. The average molecular weight is 408 g/mol. The number of hydrogen-bond donors (Lipinski definition) is 2. The average Bonchev–Trinajstić information content (AvgIpc) is 3.25. The van der Waals surface area contributed by atoms with Gasteiger partial charge >= 0.3 is 6.03 Å². The number of fused-ring (bicyclic) bond motifs is 1. The highest BCUT2D eigenvalue weighted by Crippen LogP contribution is 2.32. The number of ether oxygens (including phenoxy) is 1. The molecule has 0 saturated carbocycles. The molecule has 2 aromatic rings. The number of carbonyl (C=O) groups is 2. The number of nitrogens with one attached hydrogen (secondary N) is 1. The summed E-state index contributed by atoms with van der Waals surface area (Å²) in [6.45, 7) is 5.55. The third kappa shape index (κ3) is 3.67.